The summed E-state index contributed by atoms with van der Waals surface area (Å²) in [5.41, 5.74) is 4.47. The number of nitrogens with one attached hydrogen (secondary N) is 1. The van der Waals surface area contributed by atoms with Crippen molar-refractivity contribution in [2.24, 2.45) is 5.84 Å². The zero-order valence-electron chi connectivity index (χ0n) is 11.8. The molecule has 0 aliphatic heterocycles. The summed E-state index contributed by atoms with van der Waals surface area (Å²) in [5.74, 6) is 6.04. The highest BCUT2D eigenvalue weighted by molar-refractivity contribution is 7.99. The standard InChI is InChI=1S/C16H18ClFN2S/c1-11-4-2-5-13(8-11)21-10-12(20-19)9-14-15(17)6-3-7-16(14)18/h2-8,12,20H,9-10,19H2,1H3. The minimum Gasteiger partial charge on any atom is -0.271 e. The molecule has 0 saturated carbocycles. The van der Waals surface area contributed by atoms with Gasteiger partial charge in [0.1, 0.15) is 5.82 Å². The molecule has 112 valence electrons. The van der Waals surface area contributed by atoms with E-state index < -0.39 is 0 Å². The van der Waals surface area contributed by atoms with E-state index in [1.54, 1.807) is 23.9 Å². The Hall–Kier alpha value is -1.07. The first-order valence-corrected chi connectivity index (χ1v) is 8.05. The molecule has 0 radical (unpaired) electrons. The molecule has 0 aliphatic carbocycles. The van der Waals surface area contributed by atoms with Gasteiger partial charge >= 0.3 is 0 Å². The lowest BCUT2D eigenvalue weighted by molar-refractivity contribution is 0.547. The number of halogens is 2. The fourth-order valence-corrected chi connectivity index (χ4v) is 3.33. The van der Waals surface area contributed by atoms with E-state index in [4.69, 9.17) is 17.4 Å². The van der Waals surface area contributed by atoms with Gasteiger partial charge < -0.3 is 0 Å². The highest BCUT2D eigenvalue weighted by Crippen LogP contribution is 2.24. The van der Waals surface area contributed by atoms with Gasteiger partial charge in [-0.15, -0.1) is 11.8 Å². The fraction of sp³-hybridized carbons (Fsp3) is 0.250. The van der Waals surface area contributed by atoms with Crippen LogP contribution in [0.1, 0.15) is 11.1 Å². The Morgan fingerprint density at radius 1 is 1.29 bits per heavy atom. The molecule has 0 bridgehead atoms. The molecule has 0 aromatic heterocycles. The fourth-order valence-electron chi connectivity index (χ4n) is 2.04. The first kappa shape index (κ1) is 16.3. The number of rotatable bonds is 6. The number of thioether (sulfide) groups is 1. The average molecular weight is 325 g/mol. The Morgan fingerprint density at radius 3 is 2.71 bits per heavy atom. The predicted octanol–water partition coefficient (Wildman–Crippen LogP) is 3.95. The molecule has 0 aliphatic rings. The van der Waals surface area contributed by atoms with Crippen molar-refractivity contribution in [3.63, 3.8) is 0 Å². The summed E-state index contributed by atoms with van der Waals surface area (Å²) in [6.45, 7) is 2.06. The normalized spacial score (nSPS) is 12.4. The first-order valence-electron chi connectivity index (χ1n) is 6.68. The van der Waals surface area contributed by atoms with Crippen LogP contribution in [0.3, 0.4) is 0 Å². The summed E-state index contributed by atoms with van der Waals surface area (Å²) in [7, 11) is 0. The van der Waals surface area contributed by atoms with Gasteiger partial charge in [0.2, 0.25) is 0 Å². The van der Waals surface area contributed by atoms with Crippen molar-refractivity contribution in [3.05, 3.63) is 64.4 Å². The Bertz CT molecular complexity index is 586. The number of aryl methyl sites for hydroxylation is 1. The number of hydrazine groups is 1. The summed E-state index contributed by atoms with van der Waals surface area (Å²) < 4.78 is 13.8. The maximum atomic E-state index is 13.8. The molecule has 0 fully saturated rings. The molecule has 0 spiro atoms. The summed E-state index contributed by atoms with van der Waals surface area (Å²) >= 11 is 7.74. The molecule has 2 rings (SSSR count). The molecule has 0 amide bonds. The number of hydrogen-bond acceptors (Lipinski definition) is 3. The van der Waals surface area contributed by atoms with Gasteiger partial charge in [0, 0.05) is 27.3 Å². The Balaban J connectivity index is 2.00. The van der Waals surface area contributed by atoms with Gasteiger partial charge in [-0.05, 0) is 37.6 Å². The van der Waals surface area contributed by atoms with Crippen LogP contribution in [0.4, 0.5) is 4.39 Å². The average Bonchev–Trinajstić information content (AvgIpc) is 2.46. The van der Waals surface area contributed by atoms with Crippen LogP contribution in [0.5, 0.6) is 0 Å². The van der Waals surface area contributed by atoms with Crippen molar-refractivity contribution in [2.75, 3.05) is 5.75 Å². The van der Waals surface area contributed by atoms with Gasteiger partial charge in [-0.1, -0.05) is 35.4 Å². The van der Waals surface area contributed by atoms with Crippen molar-refractivity contribution in [2.45, 2.75) is 24.3 Å². The van der Waals surface area contributed by atoms with Gasteiger partial charge in [0.15, 0.2) is 0 Å². The second-order valence-corrected chi connectivity index (χ2v) is 6.40. The summed E-state index contributed by atoms with van der Waals surface area (Å²) in [6.07, 6.45) is 0.459. The molecular formula is C16H18ClFN2S. The van der Waals surface area contributed by atoms with E-state index in [1.165, 1.54) is 16.5 Å². The van der Waals surface area contributed by atoms with Gasteiger partial charge in [0.25, 0.3) is 0 Å². The predicted molar refractivity (Wildman–Crippen MR) is 88.1 cm³/mol. The van der Waals surface area contributed by atoms with E-state index in [0.717, 1.165) is 5.75 Å². The lowest BCUT2D eigenvalue weighted by Gasteiger charge is -2.17. The minimum atomic E-state index is -0.289. The van der Waals surface area contributed by atoms with Crippen molar-refractivity contribution >= 4 is 23.4 Å². The monoisotopic (exact) mass is 324 g/mol. The number of benzene rings is 2. The van der Waals surface area contributed by atoms with E-state index in [-0.39, 0.29) is 11.9 Å². The van der Waals surface area contributed by atoms with Gasteiger partial charge in [-0.25, -0.2) is 4.39 Å². The summed E-state index contributed by atoms with van der Waals surface area (Å²) in [6, 6.07) is 12.9. The van der Waals surface area contributed by atoms with Crippen LogP contribution in [0.2, 0.25) is 5.02 Å². The van der Waals surface area contributed by atoms with Gasteiger partial charge in [-0.2, -0.15) is 0 Å². The Morgan fingerprint density at radius 2 is 2.05 bits per heavy atom. The van der Waals surface area contributed by atoms with Crippen molar-refractivity contribution in [1.29, 1.82) is 0 Å². The molecule has 1 atom stereocenters. The molecule has 2 aromatic carbocycles. The Labute approximate surface area is 133 Å². The van der Waals surface area contributed by atoms with Crippen molar-refractivity contribution in [1.82, 2.24) is 5.43 Å². The zero-order valence-corrected chi connectivity index (χ0v) is 13.3. The SMILES string of the molecule is Cc1cccc(SCC(Cc2c(F)cccc2Cl)NN)c1. The van der Waals surface area contributed by atoms with Crippen LogP contribution in [-0.4, -0.2) is 11.8 Å². The maximum Gasteiger partial charge on any atom is 0.127 e. The highest BCUT2D eigenvalue weighted by atomic mass is 35.5. The molecule has 0 heterocycles. The van der Waals surface area contributed by atoms with Crippen molar-refractivity contribution < 1.29 is 4.39 Å². The molecule has 2 aromatic rings. The maximum absolute atomic E-state index is 13.8. The number of nitrogens with two attached hydrogens (primary N) is 1. The first-order chi connectivity index (χ1) is 10.1. The summed E-state index contributed by atoms with van der Waals surface area (Å²) in [5, 5.41) is 0.441. The third kappa shape index (κ3) is 4.71. The minimum absolute atomic E-state index is 0.0510. The molecule has 2 nitrogen and oxygen atoms in total. The van der Waals surface area contributed by atoms with Crippen LogP contribution in [0, 0.1) is 12.7 Å². The molecule has 21 heavy (non-hydrogen) atoms. The summed E-state index contributed by atoms with van der Waals surface area (Å²) in [4.78, 5) is 1.18. The van der Waals surface area contributed by atoms with Crippen LogP contribution in [-0.2, 0) is 6.42 Å². The largest absolute Gasteiger partial charge is 0.271 e. The third-order valence-electron chi connectivity index (χ3n) is 3.19. The quantitative estimate of drug-likeness (QED) is 0.480. The molecule has 3 N–H and O–H groups in total. The molecule has 0 saturated heterocycles. The Kier molecular flexibility index (Phi) is 6.06. The lowest BCUT2D eigenvalue weighted by Crippen LogP contribution is -2.39. The van der Waals surface area contributed by atoms with Gasteiger partial charge in [0.05, 0.1) is 0 Å². The second kappa shape index (κ2) is 7.80. The molecule has 1 unspecified atom stereocenters. The smallest absolute Gasteiger partial charge is 0.127 e. The lowest BCUT2D eigenvalue weighted by atomic mass is 10.1. The van der Waals surface area contributed by atoms with E-state index in [9.17, 15) is 4.39 Å². The van der Waals surface area contributed by atoms with Crippen LogP contribution in [0.15, 0.2) is 47.4 Å². The number of hydrogen-bond donors (Lipinski definition) is 2. The van der Waals surface area contributed by atoms with E-state index in [1.807, 2.05) is 6.07 Å². The molecular weight excluding hydrogens is 307 g/mol. The van der Waals surface area contributed by atoms with E-state index in [2.05, 4.69) is 30.5 Å². The van der Waals surface area contributed by atoms with Crippen LogP contribution in [0.25, 0.3) is 0 Å². The topological polar surface area (TPSA) is 38.0 Å². The highest BCUT2D eigenvalue weighted by Gasteiger charge is 2.14. The van der Waals surface area contributed by atoms with Gasteiger partial charge in [-0.3, -0.25) is 11.3 Å². The third-order valence-corrected chi connectivity index (χ3v) is 4.70. The molecule has 5 heteroatoms. The van der Waals surface area contributed by atoms with E-state index in [0.29, 0.717) is 17.0 Å². The van der Waals surface area contributed by atoms with E-state index >= 15 is 0 Å². The van der Waals surface area contributed by atoms with Crippen molar-refractivity contribution in [3.8, 4) is 0 Å². The second-order valence-electron chi connectivity index (χ2n) is 4.90. The van der Waals surface area contributed by atoms with Crippen LogP contribution < -0.4 is 11.3 Å². The zero-order chi connectivity index (χ0) is 15.2. The van der Waals surface area contributed by atoms with Crippen LogP contribution >= 0.6 is 23.4 Å².